The number of aryl methyl sites for hydroxylation is 1. The van der Waals surface area contributed by atoms with Gasteiger partial charge in [0.2, 0.25) is 11.8 Å². The molecule has 0 aromatic heterocycles. The predicted octanol–water partition coefficient (Wildman–Crippen LogP) is 8.49. The van der Waals surface area contributed by atoms with E-state index in [1.54, 1.807) is 36.4 Å². The third-order valence-electron chi connectivity index (χ3n) is 10.0. The van der Waals surface area contributed by atoms with Crippen molar-refractivity contribution >= 4 is 57.6 Å². The summed E-state index contributed by atoms with van der Waals surface area (Å²) in [5, 5.41) is 1.01. The molecule has 1 saturated carbocycles. The van der Waals surface area contributed by atoms with Gasteiger partial charge in [-0.1, -0.05) is 126 Å². The molecule has 3 aliphatic rings. The first-order chi connectivity index (χ1) is 22.3. The second-order valence-corrected chi connectivity index (χ2v) is 13.1. The molecule has 0 spiro atoms. The first-order valence-corrected chi connectivity index (χ1v) is 15.9. The molecule has 1 saturated heterocycles. The Kier molecular flexibility index (Phi) is 6.47. The molecule has 2 amide bonds. The van der Waals surface area contributed by atoms with Crippen molar-refractivity contribution in [1.29, 1.82) is 0 Å². The van der Waals surface area contributed by atoms with Gasteiger partial charge >= 0.3 is 0 Å². The molecule has 0 radical (unpaired) electrons. The Morgan fingerprint density at radius 1 is 0.522 bits per heavy atom. The molecular weight excluding hydrogens is 613 g/mol. The minimum atomic E-state index is -1.49. The van der Waals surface area contributed by atoms with Crippen molar-refractivity contribution in [3.63, 3.8) is 0 Å². The first kappa shape index (κ1) is 28.7. The van der Waals surface area contributed by atoms with E-state index in [-0.39, 0.29) is 5.78 Å². The van der Waals surface area contributed by atoms with Gasteiger partial charge in [-0.25, -0.2) is 4.90 Å². The van der Waals surface area contributed by atoms with Crippen molar-refractivity contribution in [1.82, 2.24) is 0 Å². The molecule has 4 atom stereocenters. The highest BCUT2D eigenvalue weighted by molar-refractivity contribution is 6.39. The number of hydrogen-bond donors (Lipinski definition) is 0. The van der Waals surface area contributed by atoms with Crippen LogP contribution in [0.15, 0.2) is 133 Å². The number of anilines is 1. The second-order valence-electron chi connectivity index (χ2n) is 12.2. The number of allylic oxidation sites excluding steroid dienone is 2. The van der Waals surface area contributed by atoms with Crippen LogP contribution in [-0.4, -0.2) is 17.6 Å². The summed E-state index contributed by atoms with van der Waals surface area (Å²) in [6, 6.07) is 41.2. The number of carbonyl (C=O) groups excluding carboxylic acids is 3. The monoisotopic (exact) mass is 639 g/mol. The maximum absolute atomic E-state index is 15.9. The molecule has 2 bridgehead atoms. The highest BCUT2D eigenvalue weighted by Gasteiger charge is 2.82. The molecule has 8 rings (SSSR count). The molecule has 5 aromatic rings. The number of hydrogen-bond acceptors (Lipinski definition) is 3. The van der Waals surface area contributed by atoms with Gasteiger partial charge in [-0.3, -0.25) is 14.4 Å². The average molecular weight is 641 g/mol. The highest BCUT2D eigenvalue weighted by atomic mass is 35.5. The van der Waals surface area contributed by atoms with Crippen molar-refractivity contribution < 1.29 is 14.4 Å². The van der Waals surface area contributed by atoms with Gasteiger partial charge in [0.1, 0.15) is 0 Å². The molecule has 46 heavy (non-hydrogen) atoms. The number of imide groups is 1. The molecular formula is C40H27Cl2NO3. The largest absolute Gasteiger partial charge is 0.297 e. The fourth-order valence-electron chi connectivity index (χ4n) is 8.31. The van der Waals surface area contributed by atoms with Crippen LogP contribution in [0.1, 0.15) is 27.8 Å². The van der Waals surface area contributed by atoms with Crippen molar-refractivity contribution in [2.45, 2.75) is 17.8 Å². The molecule has 2 aliphatic carbocycles. The first-order valence-electron chi connectivity index (χ1n) is 15.2. The third-order valence-corrected chi connectivity index (χ3v) is 10.5. The summed E-state index contributed by atoms with van der Waals surface area (Å²) in [5.41, 5.74) is 2.86. The Morgan fingerprint density at radius 2 is 0.913 bits per heavy atom. The highest BCUT2D eigenvalue weighted by Crippen LogP contribution is 2.74. The number of ketones is 1. The molecule has 0 N–H and O–H groups in total. The molecule has 224 valence electrons. The Labute approximate surface area is 276 Å². The van der Waals surface area contributed by atoms with E-state index in [2.05, 4.69) is 0 Å². The number of amides is 2. The summed E-state index contributed by atoms with van der Waals surface area (Å²) >= 11 is 12.8. The van der Waals surface area contributed by atoms with E-state index in [9.17, 15) is 9.59 Å². The number of rotatable bonds is 5. The Bertz CT molecular complexity index is 1950. The average Bonchev–Trinajstić information content (AvgIpc) is 3.58. The molecule has 0 unspecified atom stereocenters. The smallest absolute Gasteiger partial charge is 0.239 e. The van der Waals surface area contributed by atoms with E-state index >= 15 is 4.79 Å². The van der Waals surface area contributed by atoms with Crippen molar-refractivity contribution in [3.8, 4) is 0 Å². The number of carbonyl (C=O) groups is 3. The Morgan fingerprint density at radius 3 is 1.30 bits per heavy atom. The number of benzene rings is 5. The van der Waals surface area contributed by atoms with Crippen LogP contribution >= 0.6 is 23.2 Å². The number of halogens is 2. The zero-order valence-corrected chi connectivity index (χ0v) is 26.3. The quantitative estimate of drug-likeness (QED) is 0.181. The Balaban J connectivity index is 1.56. The molecule has 1 aliphatic heterocycles. The van der Waals surface area contributed by atoms with E-state index < -0.39 is 34.5 Å². The lowest BCUT2D eigenvalue weighted by Gasteiger charge is -2.39. The fraction of sp³-hybridized carbons (Fsp3) is 0.125. The summed E-state index contributed by atoms with van der Waals surface area (Å²) < 4.78 is 0. The molecule has 2 fully saturated rings. The fourth-order valence-corrected chi connectivity index (χ4v) is 8.56. The van der Waals surface area contributed by atoms with Crippen molar-refractivity contribution in [3.05, 3.63) is 171 Å². The summed E-state index contributed by atoms with van der Waals surface area (Å²) in [6.07, 6.45) is 0. The molecule has 6 heteroatoms. The number of Topliss-reactive ketones (excluding diaryl/α,β-unsaturated/α-hetero) is 1. The lowest BCUT2D eigenvalue weighted by Crippen LogP contribution is -2.45. The van der Waals surface area contributed by atoms with Crippen LogP contribution in [0.4, 0.5) is 5.69 Å². The normalized spacial score (nSPS) is 25.0. The zero-order valence-electron chi connectivity index (χ0n) is 24.8. The van der Waals surface area contributed by atoms with Crippen molar-refractivity contribution in [2.75, 3.05) is 4.90 Å². The summed E-state index contributed by atoms with van der Waals surface area (Å²) in [6.45, 7) is 1.96. The minimum Gasteiger partial charge on any atom is -0.297 e. The Hall–Kier alpha value is -4.77. The van der Waals surface area contributed by atoms with Crippen LogP contribution in [0.5, 0.6) is 0 Å². The SMILES string of the molecule is Cc1ccc(N2C(=O)[C@H]3[C@H](C2=O)[C@@]2(c4ccc(Cl)cc4)C(=O)[C@@]3(c3ccc(Cl)cc3)C(c3ccccc3)=C2c2ccccc2)cc1. The van der Waals surface area contributed by atoms with Gasteiger partial charge < -0.3 is 0 Å². The lowest BCUT2D eigenvalue weighted by molar-refractivity contribution is -0.130. The summed E-state index contributed by atoms with van der Waals surface area (Å²) in [7, 11) is 0. The van der Waals surface area contributed by atoms with E-state index in [1.165, 1.54) is 4.90 Å². The van der Waals surface area contributed by atoms with E-state index in [0.29, 0.717) is 26.9 Å². The standard InChI is InChI=1S/C40H27Cl2NO3/c1-24-12-22-31(23-13-24)43-36(44)34-35(37(43)45)40(28-16-20-30(42)21-17-28)33(26-10-6-3-7-11-26)32(25-8-4-2-5-9-25)39(34,38(40)46)27-14-18-29(41)19-15-27/h2-23,34-35H,1H3/t34-,35-,39+,40+/m1/s1. The maximum atomic E-state index is 15.9. The van der Waals surface area contributed by atoms with Gasteiger partial charge in [0.25, 0.3) is 0 Å². The van der Waals surface area contributed by atoms with Gasteiger partial charge in [-0.05, 0) is 76.7 Å². The van der Waals surface area contributed by atoms with Gasteiger partial charge in [0, 0.05) is 10.0 Å². The maximum Gasteiger partial charge on any atom is 0.239 e. The van der Waals surface area contributed by atoms with Crippen LogP contribution in [0, 0.1) is 18.8 Å². The molecule has 1 heterocycles. The topological polar surface area (TPSA) is 54.5 Å². The second kappa shape index (κ2) is 10.4. The van der Waals surface area contributed by atoms with Crippen LogP contribution < -0.4 is 4.90 Å². The van der Waals surface area contributed by atoms with Gasteiger partial charge in [-0.15, -0.1) is 0 Å². The van der Waals surface area contributed by atoms with Crippen LogP contribution in [0.3, 0.4) is 0 Å². The van der Waals surface area contributed by atoms with E-state index in [0.717, 1.165) is 27.8 Å². The van der Waals surface area contributed by atoms with Crippen LogP contribution in [0.2, 0.25) is 10.0 Å². The van der Waals surface area contributed by atoms with Crippen LogP contribution in [-0.2, 0) is 25.2 Å². The zero-order chi connectivity index (χ0) is 31.8. The van der Waals surface area contributed by atoms with Crippen LogP contribution in [0.25, 0.3) is 11.1 Å². The number of nitrogens with zero attached hydrogens (tertiary/aromatic N) is 1. The molecule has 5 aromatic carbocycles. The summed E-state index contributed by atoms with van der Waals surface area (Å²) in [4.78, 5) is 47.2. The molecule has 4 nitrogen and oxygen atoms in total. The van der Waals surface area contributed by atoms with E-state index in [1.807, 2.05) is 104 Å². The third kappa shape index (κ3) is 3.66. The van der Waals surface area contributed by atoms with Gasteiger partial charge in [0.15, 0.2) is 5.78 Å². The predicted molar refractivity (Wildman–Crippen MR) is 182 cm³/mol. The summed E-state index contributed by atoms with van der Waals surface area (Å²) in [5.74, 6) is -2.98. The van der Waals surface area contributed by atoms with E-state index in [4.69, 9.17) is 23.2 Å². The van der Waals surface area contributed by atoms with Crippen molar-refractivity contribution in [2.24, 2.45) is 11.8 Å². The van der Waals surface area contributed by atoms with Gasteiger partial charge in [0.05, 0.1) is 28.4 Å². The minimum absolute atomic E-state index is 0.192. The number of fused-ring (bicyclic) bond motifs is 5. The lowest BCUT2D eigenvalue weighted by atomic mass is 9.59. The van der Waals surface area contributed by atoms with Gasteiger partial charge in [-0.2, -0.15) is 0 Å².